The van der Waals surface area contributed by atoms with Crippen molar-refractivity contribution in [2.45, 2.75) is 19.8 Å². The predicted octanol–water partition coefficient (Wildman–Crippen LogP) is 3.30. The second kappa shape index (κ2) is 4.62. The van der Waals surface area contributed by atoms with Crippen LogP contribution in [0.4, 0.5) is 4.39 Å². The van der Waals surface area contributed by atoms with Crippen LogP contribution in [0.2, 0.25) is 5.02 Å². The Bertz CT molecular complexity index is 379. The van der Waals surface area contributed by atoms with E-state index in [9.17, 15) is 9.18 Å². The van der Waals surface area contributed by atoms with Gasteiger partial charge in [0.2, 0.25) is 0 Å². The zero-order valence-corrected chi connectivity index (χ0v) is 9.25. The molecule has 0 spiro atoms. The molecule has 2 unspecified atom stereocenters. The molecule has 2 nitrogen and oxygen atoms in total. The van der Waals surface area contributed by atoms with E-state index >= 15 is 0 Å². The summed E-state index contributed by atoms with van der Waals surface area (Å²) in [6.07, 6.45) is 0. The molecule has 1 N–H and O–H groups in total. The van der Waals surface area contributed by atoms with E-state index in [1.165, 1.54) is 12.1 Å². The summed E-state index contributed by atoms with van der Waals surface area (Å²) in [6.45, 7) is 3.40. The van der Waals surface area contributed by atoms with Gasteiger partial charge in [0.05, 0.1) is 10.9 Å². The minimum atomic E-state index is -0.872. The molecular weight excluding hydrogens is 219 g/mol. The van der Waals surface area contributed by atoms with Gasteiger partial charge in [-0.05, 0) is 23.6 Å². The maximum absolute atomic E-state index is 12.9. The second-order valence-corrected chi connectivity index (χ2v) is 4.00. The Morgan fingerprint density at radius 3 is 2.53 bits per heavy atom. The Morgan fingerprint density at radius 2 is 2.07 bits per heavy atom. The summed E-state index contributed by atoms with van der Waals surface area (Å²) in [7, 11) is 0. The topological polar surface area (TPSA) is 37.3 Å². The molecule has 2 atom stereocenters. The number of halogens is 2. The summed E-state index contributed by atoms with van der Waals surface area (Å²) in [4.78, 5) is 10.8. The molecule has 0 saturated heterocycles. The highest BCUT2D eigenvalue weighted by Crippen LogP contribution is 2.27. The molecule has 0 aliphatic heterocycles. The van der Waals surface area contributed by atoms with Crippen molar-refractivity contribution in [1.29, 1.82) is 0 Å². The van der Waals surface area contributed by atoms with Crippen LogP contribution < -0.4 is 0 Å². The predicted molar refractivity (Wildman–Crippen MR) is 56.6 cm³/mol. The number of hydrogen-bond donors (Lipinski definition) is 1. The lowest BCUT2D eigenvalue weighted by Crippen LogP contribution is -2.16. The SMILES string of the molecule is CC(C(=O)O)C(C)c1ccc(F)c(Cl)c1. The summed E-state index contributed by atoms with van der Waals surface area (Å²) in [5, 5.41) is 8.86. The van der Waals surface area contributed by atoms with E-state index in [0.29, 0.717) is 0 Å². The van der Waals surface area contributed by atoms with Gasteiger partial charge in [0, 0.05) is 0 Å². The van der Waals surface area contributed by atoms with Crippen molar-refractivity contribution in [2.24, 2.45) is 5.92 Å². The van der Waals surface area contributed by atoms with E-state index in [4.69, 9.17) is 16.7 Å². The third-order valence-corrected chi connectivity index (χ3v) is 2.90. The first-order valence-corrected chi connectivity index (χ1v) is 4.99. The fourth-order valence-electron chi connectivity index (χ4n) is 1.30. The molecule has 0 aromatic heterocycles. The smallest absolute Gasteiger partial charge is 0.306 e. The standard InChI is InChI=1S/C11H12ClFO2/c1-6(7(2)11(14)15)8-3-4-10(13)9(12)5-8/h3-7H,1-2H3,(H,14,15). The van der Waals surface area contributed by atoms with Crippen molar-refractivity contribution in [3.63, 3.8) is 0 Å². The molecule has 1 aromatic carbocycles. The molecule has 0 saturated carbocycles. The van der Waals surface area contributed by atoms with E-state index in [-0.39, 0.29) is 10.9 Å². The number of carboxylic acid groups (broad SMARTS) is 1. The minimum absolute atomic E-state index is 0.0249. The van der Waals surface area contributed by atoms with E-state index in [1.54, 1.807) is 19.9 Å². The van der Waals surface area contributed by atoms with Gasteiger partial charge < -0.3 is 5.11 Å². The second-order valence-electron chi connectivity index (χ2n) is 3.59. The highest BCUT2D eigenvalue weighted by atomic mass is 35.5. The molecule has 0 amide bonds. The molecule has 1 aromatic rings. The first-order chi connectivity index (χ1) is 6.93. The van der Waals surface area contributed by atoms with E-state index in [1.807, 2.05) is 0 Å². The molecule has 0 bridgehead atoms. The Labute approximate surface area is 92.7 Å². The highest BCUT2D eigenvalue weighted by Gasteiger charge is 2.21. The van der Waals surface area contributed by atoms with Gasteiger partial charge in [0.1, 0.15) is 5.82 Å². The van der Waals surface area contributed by atoms with Gasteiger partial charge >= 0.3 is 5.97 Å². The lowest BCUT2D eigenvalue weighted by atomic mass is 9.89. The Morgan fingerprint density at radius 1 is 1.47 bits per heavy atom. The number of carboxylic acids is 1. The van der Waals surface area contributed by atoms with Gasteiger partial charge in [-0.25, -0.2) is 4.39 Å². The summed E-state index contributed by atoms with van der Waals surface area (Å²) in [5.74, 6) is -2.08. The lowest BCUT2D eigenvalue weighted by molar-refractivity contribution is -0.141. The van der Waals surface area contributed by atoms with Gasteiger partial charge in [0.15, 0.2) is 0 Å². The van der Waals surface area contributed by atoms with Crippen molar-refractivity contribution in [3.8, 4) is 0 Å². The Balaban J connectivity index is 2.96. The van der Waals surface area contributed by atoms with Crippen LogP contribution >= 0.6 is 11.6 Å². The summed E-state index contributed by atoms with van der Waals surface area (Å²) in [5.41, 5.74) is 0.733. The number of carbonyl (C=O) groups is 1. The molecule has 0 radical (unpaired) electrons. The van der Waals surface area contributed by atoms with Crippen LogP contribution in [0, 0.1) is 11.7 Å². The first kappa shape index (κ1) is 12.0. The zero-order valence-electron chi connectivity index (χ0n) is 8.50. The average Bonchev–Trinajstić information content (AvgIpc) is 2.19. The summed E-state index contributed by atoms with van der Waals surface area (Å²) in [6, 6.07) is 4.29. The van der Waals surface area contributed by atoms with Crippen molar-refractivity contribution in [1.82, 2.24) is 0 Å². The molecule has 0 aliphatic carbocycles. The van der Waals surface area contributed by atoms with Crippen LogP contribution in [-0.2, 0) is 4.79 Å². The van der Waals surface area contributed by atoms with E-state index in [2.05, 4.69) is 0 Å². The van der Waals surface area contributed by atoms with Crippen LogP contribution in [0.15, 0.2) is 18.2 Å². The summed E-state index contributed by atoms with van der Waals surface area (Å²) >= 11 is 5.62. The fourth-order valence-corrected chi connectivity index (χ4v) is 1.49. The molecule has 4 heteroatoms. The highest BCUT2D eigenvalue weighted by molar-refractivity contribution is 6.30. The van der Waals surface area contributed by atoms with E-state index in [0.717, 1.165) is 5.56 Å². The average molecular weight is 231 g/mol. The van der Waals surface area contributed by atoms with Crippen LogP contribution in [-0.4, -0.2) is 11.1 Å². The Kier molecular flexibility index (Phi) is 3.69. The molecule has 0 fully saturated rings. The third kappa shape index (κ3) is 2.69. The quantitative estimate of drug-likeness (QED) is 0.865. The summed E-state index contributed by atoms with van der Waals surface area (Å²) < 4.78 is 12.9. The van der Waals surface area contributed by atoms with Gasteiger partial charge in [-0.2, -0.15) is 0 Å². The Hall–Kier alpha value is -1.09. The number of benzene rings is 1. The van der Waals surface area contributed by atoms with E-state index < -0.39 is 17.7 Å². The maximum Gasteiger partial charge on any atom is 0.306 e. The molecule has 15 heavy (non-hydrogen) atoms. The number of hydrogen-bond acceptors (Lipinski definition) is 1. The molecule has 0 heterocycles. The van der Waals surface area contributed by atoms with Gasteiger partial charge in [-0.3, -0.25) is 4.79 Å². The van der Waals surface area contributed by atoms with Crippen LogP contribution in [0.5, 0.6) is 0 Å². The van der Waals surface area contributed by atoms with Crippen molar-refractivity contribution < 1.29 is 14.3 Å². The fraction of sp³-hybridized carbons (Fsp3) is 0.364. The van der Waals surface area contributed by atoms with Gasteiger partial charge in [-0.1, -0.05) is 31.5 Å². The van der Waals surface area contributed by atoms with Gasteiger partial charge in [-0.15, -0.1) is 0 Å². The first-order valence-electron chi connectivity index (χ1n) is 4.61. The van der Waals surface area contributed by atoms with Crippen LogP contribution in [0.3, 0.4) is 0 Å². The minimum Gasteiger partial charge on any atom is -0.481 e. The van der Waals surface area contributed by atoms with Crippen LogP contribution in [0.25, 0.3) is 0 Å². The maximum atomic E-state index is 12.9. The zero-order chi connectivity index (χ0) is 11.6. The number of aliphatic carboxylic acids is 1. The van der Waals surface area contributed by atoms with Crippen molar-refractivity contribution >= 4 is 17.6 Å². The molecule has 1 rings (SSSR count). The third-order valence-electron chi connectivity index (χ3n) is 2.61. The lowest BCUT2D eigenvalue weighted by Gasteiger charge is -2.16. The van der Waals surface area contributed by atoms with Crippen molar-refractivity contribution in [2.75, 3.05) is 0 Å². The van der Waals surface area contributed by atoms with Crippen LogP contribution in [0.1, 0.15) is 25.3 Å². The largest absolute Gasteiger partial charge is 0.481 e. The number of rotatable bonds is 3. The normalized spacial score (nSPS) is 14.7. The van der Waals surface area contributed by atoms with Crippen molar-refractivity contribution in [3.05, 3.63) is 34.6 Å². The van der Waals surface area contributed by atoms with Gasteiger partial charge in [0.25, 0.3) is 0 Å². The molecule has 0 aliphatic rings. The molecule has 82 valence electrons. The molecular formula is C11H12ClFO2. The monoisotopic (exact) mass is 230 g/mol.